The lowest BCUT2D eigenvalue weighted by Crippen LogP contribution is -2.27. The smallest absolute Gasteiger partial charge is 0.360 e. The number of nitrogens with zero attached hydrogens (tertiary/aromatic N) is 10. The summed E-state index contributed by atoms with van der Waals surface area (Å²) in [4.78, 5) is 76.3. The molecular formula is C67H67N11O11S2. The predicted octanol–water partition coefficient (Wildman–Crippen LogP) is 11.4. The monoisotopic (exact) mass is 1270 g/mol. The number of anilines is 1. The van der Waals surface area contributed by atoms with Gasteiger partial charge in [-0.3, -0.25) is 33.7 Å². The number of hydrogen-bond donors (Lipinski definition) is 2. The Morgan fingerprint density at radius 3 is 1.35 bits per heavy atom. The molecule has 468 valence electrons. The number of carbonyl (C=O) groups is 2. The lowest BCUT2D eigenvalue weighted by Gasteiger charge is -2.22. The predicted molar refractivity (Wildman–Crippen MR) is 351 cm³/mol. The Morgan fingerprint density at radius 1 is 0.538 bits per heavy atom. The fourth-order valence-electron chi connectivity index (χ4n) is 10.3. The maximum atomic E-state index is 13.6. The molecule has 91 heavy (non-hydrogen) atoms. The van der Waals surface area contributed by atoms with E-state index in [-0.39, 0.29) is 23.9 Å². The molecule has 0 unspecified atom stereocenters. The fraction of sp³-hybridized carbons (Fsp3) is 0.284. The number of nitrogens with two attached hydrogens (primary N) is 1. The van der Waals surface area contributed by atoms with Crippen LogP contribution in [0, 0.1) is 25.7 Å². The van der Waals surface area contributed by atoms with Crippen molar-refractivity contribution in [3.63, 3.8) is 0 Å². The van der Waals surface area contributed by atoms with Gasteiger partial charge in [0.2, 0.25) is 22.5 Å². The number of aryl methyl sites for hydroxylation is 2. The summed E-state index contributed by atoms with van der Waals surface area (Å²) in [7, 11) is 6.29. The first-order valence-corrected chi connectivity index (χ1v) is 31.5. The van der Waals surface area contributed by atoms with Gasteiger partial charge < -0.3 is 39.3 Å². The van der Waals surface area contributed by atoms with Gasteiger partial charge in [-0.25, -0.2) is 24.7 Å². The summed E-state index contributed by atoms with van der Waals surface area (Å²) in [6, 6.07) is 25.9. The third-order valence-electron chi connectivity index (χ3n) is 15.2. The summed E-state index contributed by atoms with van der Waals surface area (Å²) in [5, 5.41) is 19.4. The van der Waals surface area contributed by atoms with Gasteiger partial charge in [0.25, 0.3) is 0 Å². The van der Waals surface area contributed by atoms with Crippen molar-refractivity contribution in [2.75, 3.05) is 57.2 Å². The van der Waals surface area contributed by atoms with Gasteiger partial charge in [0, 0.05) is 71.9 Å². The molecule has 4 aromatic carbocycles. The first-order valence-electron chi connectivity index (χ1n) is 29.2. The highest BCUT2D eigenvalue weighted by molar-refractivity contribution is 7.99. The standard InChI is InChI=1S/C34H33N5O5S.C18H20N2O3S.C15H14N4O3/c1-21-4-6-23(7-5-21)26-20-39(19-22-9-12-45-13-10-22)38-33(34(26)41)28(40)16-32-36-17-24(18-37-32)44-29-8-11-35-27-15-31(43-3)30(42-2)14-25(27)29;1-12-2-4-14(5-3-12)15-11-20(10-13-6-8-24-9-7-13)19-16(17(15)21)18(22)23;1-20-13-5-10-11(6-14(13)21-2)17-4-3-12(10)22-9-7-18-15(16)19-8-9/h4-8,11,14-15,17-18,20,22H,9-10,12-13,16,19H2,1-3H3;2-5,11,13H,6-10H2,1H3,(H,22,23);3-8H,1-2H3,(H2,16,18,19). The molecule has 0 amide bonds. The number of rotatable bonds is 18. The van der Waals surface area contributed by atoms with E-state index in [0.717, 1.165) is 87.2 Å². The molecule has 3 N–H and O–H groups in total. The molecule has 0 radical (unpaired) electrons. The second-order valence-electron chi connectivity index (χ2n) is 21.5. The van der Waals surface area contributed by atoms with E-state index in [1.807, 2.05) is 92.0 Å². The zero-order valence-corrected chi connectivity index (χ0v) is 52.7. The van der Waals surface area contributed by atoms with Crippen LogP contribution in [0.2, 0.25) is 0 Å². The average molecular weight is 1270 g/mol. The number of fused-ring (bicyclic) bond motifs is 2. The summed E-state index contributed by atoms with van der Waals surface area (Å²) in [5.41, 5.74) is 9.95. The summed E-state index contributed by atoms with van der Waals surface area (Å²) in [5.74, 6) is 8.46. The lowest BCUT2D eigenvalue weighted by atomic mass is 10.0. The molecule has 2 fully saturated rings. The van der Waals surface area contributed by atoms with Crippen molar-refractivity contribution in [3.05, 3.63) is 183 Å². The number of nitrogen functional groups attached to an aromatic ring is 1. The molecule has 0 aliphatic carbocycles. The number of methoxy groups -OCH3 is 4. The molecular weight excluding hydrogens is 1200 g/mol. The number of ether oxygens (including phenoxy) is 6. The maximum absolute atomic E-state index is 13.6. The van der Waals surface area contributed by atoms with Gasteiger partial charge in [-0.2, -0.15) is 33.7 Å². The van der Waals surface area contributed by atoms with Crippen LogP contribution in [0.4, 0.5) is 5.95 Å². The second-order valence-corrected chi connectivity index (χ2v) is 24.0. The number of benzene rings is 4. The molecule has 2 saturated heterocycles. The molecule has 10 aromatic rings. The zero-order chi connectivity index (χ0) is 64.0. The SMILES string of the molecule is COc1cc2nccc(Oc3cnc(CC(=O)c4nn(CC5CCSCC5)cc(-c5ccc(C)cc5)c4=O)nc3)c2cc1OC.COc1cc2nccc(Oc3cnc(N)nc3)c2cc1OC.Cc1ccc(-c2cn(CC3CCSCC3)nc(C(=O)O)c2=O)cc1. The Labute approximate surface area is 532 Å². The number of aromatic nitrogens is 10. The summed E-state index contributed by atoms with van der Waals surface area (Å²) < 4.78 is 36.7. The van der Waals surface area contributed by atoms with Crippen LogP contribution in [0.15, 0.2) is 144 Å². The summed E-state index contributed by atoms with van der Waals surface area (Å²) in [6.07, 6.45) is 17.0. The number of carboxylic acids is 1. The van der Waals surface area contributed by atoms with Gasteiger partial charge in [-0.15, -0.1) is 0 Å². The van der Waals surface area contributed by atoms with Crippen LogP contribution >= 0.6 is 23.5 Å². The Bertz CT molecular complexity index is 4320. The summed E-state index contributed by atoms with van der Waals surface area (Å²) in [6.45, 7) is 5.28. The Kier molecular flexibility index (Phi) is 21.1. The number of aromatic carboxylic acids is 1. The van der Waals surface area contributed by atoms with Crippen LogP contribution in [0.1, 0.15) is 63.6 Å². The highest BCUT2D eigenvalue weighted by Crippen LogP contribution is 2.39. The number of thioether (sulfide) groups is 2. The Hall–Kier alpha value is -9.94. The first kappa shape index (κ1) is 64.1. The zero-order valence-electron chi connectivity index (χ0n) is 51.0. The van der Waals surface area contributed by atoms with Gasteiger partial charge >= 0.3 is 5.97 Å². The summed E-state index contributed by atoms with van der Waals surface area (Å²) >= 11 is 3.90. The Balaban J connectivity index is 0.000000166. The molecule has 12 rings (SSSR count). The van der Waals surface area contributed by atoms with E-state index in [1.165, 1.54) is 24.8 Å². The van der Waals surface area contributed by atoms with Crippen LogP contribution < -0.4 is 45.0 Å². The van der Waals surface area contributed by atoms with E-state index in [2.05, 4.69) is 40.1 Å². The first-order chi connectivity index (χ1) is 44.2. The highest BCUT2D eigenvalue weighted by atomic mass is 32.2. The average Bonchev–Trinajstić information content (AvgIpc) is 1.12. The fourth-order valence-corrected chi connectivity index (χ4v) is 12.7. The lowest BCUT2D eigenvalue weighted by molar-refractivity contribution is 0.0685. The highest BCUT2D eigenvalue weighted by Gasteiger charge is 2.24. The molecule has 8 heterocycles. The molecule has 0 saturated carbocycles. The van der Waals surface area contributed by atoms with Crippen molar-refractivity contribution in [3.8, 4) is 68.2 Å². The van der Waals surface area contributed by atoms with Crippen molar-refractivity contribution in [2.45, 2.75) is 59.0 Å². The van der Waals surface area contributed by atoms with Crippen molar-refractivity contribution in [2.24, 2.45) is 11.8 Å². The van der Waals surface area contributed by atoms with Crippen LogP contribution in [0.25, 0.3) is 44.1 Å². The van der Waals surface area contributed by atoms with Crippen LogP contribution in [0.3, 0.4) is 0 Å². The van der Waals surface area contributed by atoms with Gasteiger partial charge in [-0.1, -0.05) is 59.7 Å². The quantitative estimate of drug-likeness (QED) is 0.0755. The number of ketones is 1. The van der Waals surface area contributed by atoms with E-state index in [4.69, 9.17) is 34.2 Å². The molecule has 0 bridgehead atoms. The number of pyridine rings is 2. The normalized spacial score (nSPS) is 13.3. The third-order valence-corrected chi connectivity index (χ3v) is 17.3. The molecule has 0 atom stereocenters. The minimum absolute atomic E-state index is 0.102. The van der Waals surface area contributed by atoms with Crippen LogP contribution in [-0.4, -0.2) is 118 Å². The van der Waals surface area contributed by atoms with E-state index in [1.54, 1.807) is 92.9 Å². The van der Waals surface area contributed by atoms with E-state index < -0.39 is 28.3 Å². The van der Waals surface area contributed by atoms with Crippen molar-refractivity contribution >= 4 is 63.0 Å². The number of carboxylic acid groups (broad SMARTS) is 1. The topological polar surface area (TPSA) is 283 Å². The van der Waals surface area contributed by atoms with Crippen molar-refractivity contribution < 1.29 is 43.1 Å². The molecule has 22 nitrogen and oxygen atoms in total. The van der Waals surface area contributed by atoms with Gasteiger partial charge in [0.05, 0.1) is 70.7 Å². The molecule has 2 aliphatic heterocycles. The van der Waals surface area contributed by atoms with Crippen molar-refractivity contribution in [1.82, 2.24) is 49.5 Å². The number of Topliss-reactive ketones (excluding diaryl/α,β-unsaturated/α-hetero) is 1. The van der Waals surface area contributed by atoms with E-state index >= 15 is 0 Å². The minimum Gasteiger partial charge on any atom is -0.493 e. The second kappa shape index (κ2) is 30.0. The van der Waals surface area contributed by atoms with Gasteiger partial charge in [0.15, 0.2) is 46.0 Å². The molecule has 24 heteroatoms. The van der Waals surface area contributed by atoms with Crippen LogP contribution in [0.5, 0.6) is 46.0 Å². The molecule has 0 spiro atoms. The third kappa shape index (κ3) is 16.1. The maximum Gasteiger partial charge on any atom is 0.360 e. The molecule has 2 aliphatic rings. The minimum atomic E-state index is -1.28. The van der Waals surface area contributed by atoms with E-state index in [0.29, 0.717) is 87.6 Å². The van der Waals surface area contributed by atoms with Gasteiger partial charge in [-0.05, 0) is 110 Å². The Morgan fingerprint density at radius 2 is 0.934 bits per heavy atom. The largest absolute Gasteiger partial charge is 0.493 e. The van der Waals surface area contributed by atoms with Crippen molar-refractivity contribution in [1.29, 1.82) is 0 Å². The van der Waals surface area contributed by atoms with Gasteiger partial charge in [0.1, 0.15) is 17.3 Å². The van der Waals surface area contributed by atoms with Crippen LogP contribution in [-0.2, 0) is 19.5 Å². The molecule has 6 aromatic heterocycles. The number of carbonyl (C=O) groups excluding carboxylic acids is 1. The van der Waals surface area contributed by atoms with E-state index in [9.17, 15) is 24.3 Å². The number of hydrogen-bond acceptors (Lipinski definition) is 21.